The highest BCUT2D eigenvalue weighted by Crippen LogP contribution is 2.16. The first-order valence-corrected chi connectivity index (χ1v) is 6.13. The number of carbonyl (C=O) groups excluding carboxylic acids is 1. The lowest BCUT2D eigenvalue weighted by atomic mass is 10.2. The Morgan fingerprint density at radius 1 is 1.11 bits per heavy atom. The third kappa shape index (κ3) is 3.74. The van der Waals surface area contributed by atoms with Gasteiger partial charge in [-0.2, -0.15) is 0 Å². The zero-order valence-corrected chi connectivity index (χ0v) is 11.9. The zero-order valence-electron chi connectivity index (χ0n) is 11.9. The molecule has 100 valence electrons. The Morgan fingerprint density at radius 2 is 1.67 bits per heavy atom. The lowest BCUT2D eigenvalue weighted by Crippen LogP contribution is -2.46. The summed E-state index contributed by atoms with van der Waals surface area (Å²) in [6.45, 7) is 2.78. The average molecular weight is 249 g/mol. The Balaban J connectivity index is 2.93. The highest BCUT2D eigenvalue weighted by Gasteiger charge is 2.20. The number of nitrogens with zero attached hydrogens (tertiary/aromatic N) is 3. The monoisotopic (exact) mass is 249 g/mol. The predicted octanol–water partition coefficient (Wildman–Crippen LogP) is 2.12. The van der Waals surface area contributed by atoms with E-state index >= 15 is 0 Å². The second-order valence-electron chi connectivity index (χ2n) is 4.94. The van der Waals surface area contributed by atoms with Gasteiger partial charge in [-0.25, -0.2) is 4.79 Å². The van der Waals surface area contributed by atoms with Gasteiger partial charge in [0, 0.05) is 32.4 Å². The van der Waals surface area contributed by atoms with E-state index in [0.717, 1.165) is 5.69 Å². The summed E-state index contributed by atoms with van der Waals surface area (Å²) < 4.78 is 0. The molecule has 0 aromatic heterocycles. The van der Waals surface area contributed by atoms with E-state index in [2.05, 4.69) is 11.8 Å². The van der Waals surface area contributed by atoms with E-state index in [9.17, 15) is 4.79 Å². The number of hydrogen-bond donors (Lipinski definition) is 0. The van der Waals surface area contributed by atoms with Crippen molar-refractivity contribution >= 4 is 11.7 Å². The Morgan fingerprint density at radius 3 is 2.11 bits per heavy atom. The molecule has 4 heteroatoms. The maximum absolute atomic E-state index is 12.2. The fraction of sp³-hybridized carbons (Fsp3) is 0.500. The van der Waals surface area contributed by atoms with Crippen molar-refractivity contribution in [1.82, 2.24) is 9.80 Å². The lowest BCUT2D eigenvalue weighted by molar-refractivity contribution is 0.220. The molecule has 18 heavy (non-hydrogen) atoms. The van der Waals surface area contributed by atoms with Crippen LogP contribution in [0.15, 0.2) is 30.3 Å². The summed E-state index contributed by atoms with van der Waals surface area (Å²) in [6.07, 6.45) is 0. The van der Waals surface area contributed by atoms with E-state index in [-0.39, 0.29) is 6.03 Å². The minimum atomic E-state index is 0.00917. The number of likely N-dealkylation sites (N-methyl/N-ethyl adjacent to an activating group) is 1. The van der Waals surface area contributed by atoms with Gasteiger partial charge < -0.3 is 9.80 Å². The van der Waals surface area contributed by atoms with Crippen LogP contribution in [0.25, 0.3) is 0 Å². The Labute approximate surface area is 110 Å². The second kappa shape index (κ2) is 6.40. The molecule has 0 spiro atoms. The third-order valence-electron chi connectivity index (χ3n) is 3.01. The summed E-state index contributed by atoms with van der Waals surface area (Å²) >= 11 is 0. The fourth-order valence-electron chi connectivity index (χ4n) is 1.57. The molecule has 0 aliphatic heterocycles. The molecular weight excluding hydrogens is 226 g/mol. The molecule has 0 radical (unpaired) electrons. The molecule has 4 nitrogen and oxygen atoms in total. The van der Waals surface area contributed by atoms with Crippen LogP contribution >= 0.6 is 0 Å². The van der Waals surface area contributed by atoms with Gasteiger partial charge in [0.25, 0.3) is 0 Å². The Bertz CT molecular complexity index is 376. The van der Waals surface area contributed by atoms with E-state index in [4.69, 9.17) is 0 Å². The third-order valence-corrected chi connectivity index (χ3v) is 3.01. The normalized spacial score (nSPS) is 12.3. The number of hydrogen-bond acceptors (Lipinski definition) is 2. The van der Waals surface area contributed by atoms with Crippen LogP contribution < -0.4 is 4.90 Å². The number of para-hydroxylation sites is 1. The van der Waals surface area contributed by atoms with E-state index in [1.807, 2.05) is 49.3 Å². The minimum absolute atomic E-state index is 0.00917. The van der Waals surface area contributed by atoms with Crippen LogP contribution in [0.3, 0.4) is 0 Å². The topological polar surface area (TPSA) is 26.8 Å². The molecule has 0 N–H and O–H groups in total. The van der Waals surface area contributed by atoms with Crippen LogP contribution in [0.2, 0.25) is 0 Å². The van der Waals surface area contributed by atoms with Crippen LogP contribution in [-0.2, 0) is 0 Å². The van der Waals surface area contributed by atoms with Crippen LogP contribution in [-0.4, -0.2) is 56.6 Å². The van der Waals surface area contributed by atoms with Crippen molar-refractivity contribution in [3.8, 4) is 0 Å². The molecule has 0 heterocycles. The van der Waals surface area contributed by atoms with E-state index in [1.54, 1.807) is 19.0 Å². The van der Waals surface area contributed by atoms with Crippen molar-refractivity contribution in [2.45, 2.75) is 13.0 Å². The molecule has 0 saturated carbocycles. The smallest absolute Gasteiger partial charge is 0.324 e. The zero-order chi connectivity index (χ0) is 13.7. The highest BCUT2D eigenvalue weighted by molar-refractivity contribution is 5.91. The first kappa shape index (κ1) is 14.5. The molecule has 0 aliphatic rings. The maximum Gasteiger partial charge on any atom is 0.324 e. The standard InChI is InChI=1S/C14H23N3O/c1-12(15(2)3)11-17(14(18)16(4)5)13-9-7-6-8-10-13/h6-10,12H,11H2,1-5H3. The van der Waals surface area contributed by atoms with Gasteiger partial charge in [0.2, 0.25) is 0 Å². The number of rotatable bonds is 4. The number of urea groups is 1. The predicted molar refractivity (Wildman–Crippen MR) is 76.0 cm³/mol. The van der Waals surface area contributed by atoms with Gasteiger partial charge in [-0.3, -0.25) is 4.90 Å². The highest BCUT2D eigenvalue weighted by atomic mass is 16.2. The van der Waals surface area contributed by atoms with Gasteiger partial charge in [-0.05, 0) is 33.2 Å². The van der Waals surface area contributed by atoms with Crippen LogP contribution in [0.4, 0.5) is 10.5 Å². The molecule has 0 saturated heterocycles. The SMILES string of the molecule is CC(CN(C(=O)N(C)C)c1ccccc1)N(C)C. The van der Waals surface area contributed by atoms with E-state index < -0.39 is 0 Å². The van der Waals surface area contributed by atoms with Crippen molar-refractivity contribution in [1.29, 1.82) is 0 Å². The van der Waals surface area contributed by atoms with Crippen LogP contribution in [0.1, 0.15) is 6.92 Å². The first-order chi connectivity index (χ1) is 8.43. The summed E-state index contributed by atoms with van der Waals surface area (Å²) in [7, 11) is 7.60. The minimum Gasteiger partial charge on any atom is -0.330 e. The molecule has 0 aliphatic carbocycles. The van der Waals surface area contributed by atoms with Gasteiger partial charge in [0.15, 0.2) is 0 Å². The lowest BCUT2D eigenvalue weighted by Gasteiger charge is -2.31. The molecule has 1 rings (SSSR count). The number of benzene rings is 1. The molecule has 0 fully saturated rings. The summed E-state index contributed by atoms with van der Waals surface area (Å²) in [5, 5.41) is 0. The summed E-state index contributed by atoms with van der Waals surface area (Å²) in [4.78, 5) is 17.8. The summed E-state index contributed by atoms with van der Waals surface area (Å²) in [5.41, 5.74) is 0.935. The van der Waals surface area contributed by atoms with Crippen LogP contribution in [0, 0.1) is 0 Å². The van der Waals surface area contributed by atoms with Gasteiger partial charge in [-0.15, -0.1) is 0 Å². The van der Waals surface area contributed by atoms with Gasteiger partial charge in [0.1, 0.15) is 0 Å². The van der Waals surface area contributed by atoms with E-state index in [0.29, 0.717) is 12.6 Å². The van der Waals surface area contributed by atoms with Gasteiger partial charge in [0.05, 0.1) is 0 Å². The summed E-state index contributed by atoms with van der Waals surface area (Å²) in [6, 6.07) is 10.1. The largest absolute Gasteiger partial charge is 0.330 e. The molecule has 1 aromatic carbocycles. The molecule has 1 aromatic rings. The van der Waals surface area contributed by atoms with Gasteiger partial charge in [-0.1, -0.05) is 18.2 Å². The number of anilines is 1. The second-order valence-corrected chi connectivity index (χ2v) is 4.94. The quantitative estimate of drug-likeness (QED) is 0.817. The Hall–Kier alpha value is -1.55. The van der Waals surface area contributed by atoms with E-state index in [1.165, 1.54) is 0 Å². The molecule has 1 unspecified atom stereocenters. The van der Waals surface area contributed by atoms with Crippen molar-refractivity contribution < 1.29 is 4.79 Å². The van der Waals surface area contributed by atoms with Crippen LogP contribution in [0.5, 0.6) is 0 Å². The fourth-order valence-corrected chi connectivity index (χ4v) is 1.57. The molecular formula is C14H23N3O. The number of amides is 2. The molecule has 2 amide bonds. The maximum atomic E-state index is 12.2. The average Bonchev–Trinajstić information content (AvgIpc) is 2.35. The molecule has 0 bridgehead atoms. The van der Waals surface area contributed by atoms with Crippen molar-refractivity contribution in [3.05, 3.63) is 30.3 Å². The summed E-state index contributed by atoms with van der Waals surface area (Å²) in [5.74, 6) is 0. The van der Waals surface area contributed by atoms with Crippen molar-refractivity contribution in [2.75, 3.05) is 39.6 Å². The Kier molecular flexibility index (Phi) is 5.16. The van der Waals surface area contributed by atoms with Gasteiger partial charge >= 0.3 is 6.03 Å². The first-order valence-electron chi connectivity index (χ1n) is 6.13. The number of carbonyl (C=O) groups is 1. The van der Waals surface area contributed by atoms with Crippen molar-refractivity contribution in [3.63, 3.8) is 0 Å². The molecule has 1 atom stereocenters. The van der Waals surface area contributed by atoms with Crippen molar-refractivity contribution in [2.24, 2.45) is 0 Å².